The highest BCUT2D eigenvalue weighted by atomic mass is 32.1. The lowest BCUT2D eigenvalue weighted by molar-refractivity contribution is 0.335. The molecule has 0 saturated carbocycles. The third kappa shape index (κ3) is 5.08. The number of rotatable bonds is 8. The number of para-hydroxylation sites is 1. The Morgan fingerprint density at radius 3 is 2.52 bits per heavy atom. The van der Waals surface area contributed by atoms with Crippen LogP contribution in [0.1, 0.15) is 18.3 Å². The van der Waals surface area contributed by atoms with Crippen molar-refractivity contribution in [1.29, 1.82) is 0 Å². The lowest BCUT2D eigenvalue weighted by atomic mass is 10.1. The van der Waals surface area contributed by atoms with Crippen LogP contribution < -0.4 is 10.1 Å². The molecule has 2 aromatic carbocycles. The van der Waals surface area contributed by atoms with Gasteiger partial charge in [-0.25, -0.2) is 33.7 Å². The van der Waals surface area contributed by atoms with Gasteiger partial charge in [0.05, 0.1) is 18.7 Å². The lowest BCUT2D eigenvalue weighted by Gasteiger charge is -2.10. The molecule has 0 radical (unpaired) electrons. The average Bonchev–Trinajstić information content (AvgIpc) is 3.60. The van der Waals surface area contributed by atoms with E-state index < -0.39 is 11.6 Å². The highest BCUT2D eigenvalue weighted by molar-refractivity contribution is 7.13. The van der Waals surface area contributed by atoms with E-state index in [0.717, 1.165) is 5.39 Å². The van der Waals surface area contributed by atoms with E-state index in [4.69, 9.17) is 19.8 Å². The van der Waals surface area contributed by atoms with E-state index in [-0.39, 0.29) is 17.9 Å². The normalized spacial score (nSPS) is 11.2. The molecule has 1 N–H and O–H groups in total. The maximum atomic E-state index is 14.9. The van der Waals surface area contributed by atoms with E-state index in [2.05, 4.69) is 20.3 Å². The Labute approximate surface area is 231 Å². The maximum absolute atomic E-state index is 14.9. The number of nitrogens with zero attached hydrogens (tertiary/aromatic N) is 7. The molecule has 200 valence electrons. The zero-order valence-electron chi connectivity index (χ0n) is 21.5. The van der Waals surface area contributed by atoms with Crippen LogP contribution >= 0.6 is 11.3 Å². The van der Waals surface area contributed by atoms with Crippen LogP contribution in [0.15, 0.2) is 66.3 Å². The van der Waals surface area contributed by atoms with Crippen molar-refractivity contribution < 1.29 is 13.5 Å². The van der Waals surface area contributed by atoms with Gasteiger partial charge in [-0.15, -0.1) is 11.3 Å². The second-order valence-electron chi connectivity index (χ2n) is 8.74. The lowest BCUT2D eigenvalue weighted by Crippen LogP contribution is -2.07. The van der Waals surface area contributed by atoms with E-state index in [9.17, 15) is 8.78 Å². The summed E-state index contributed by atoms with van der Waals surface area (Å²) >= 11 is 1.44. The number of anilines is 2. The molecule has 0 fully saturated rings. The number of hydrogen-bond donors (Lipinski definition) is 1. The summed E-state index contributed by atoms with van der Waals surface area (Å²) in [4.78, 5) is 22.4. The molecule has 0 spiro atoms. The predicted molar refractivity (Wildman–Crippen MR) is 149 cm³/mol. The number of aromatic nitrogens is 7. The summed E-state index contributed by atoms with van der Waals surface area (Å²) in [6.07, 6.45) is 3.36. The summed E-state index contributed by atoms with van der Waals surface area (Å²) < 4.78 is 36.7. The van der Waals surface area contributed by atoms with Gasteiger partial charge in [-0.1, -0.05) is 18.2 Å². The van der Waals surface area contributed by atoms with Gasteiger partial charge in [0, 0.05) is 46.9 Å². The summed E-state index contributed by atoms with van der Waals surface area (Å²) in [5.41, 5.74) is 1.61. The summed E-state index contributed by atoms with van der Waals surface area (Å²) in [5, 5.41) is 11.2. The number of aryl methyl sites for hydroxylation is 1. The molecular weight excluding hydrogens is 534 g/mol. The van der Waals surface area contributed by atoms with Crippen LogP contribution in [0.3, 0.4) is 0 Å². The zero-order valence-corrected chi connectivity index (χ0v) is 22.3. The molecule has 12 heteroatoms. The Kier molecular flexibility index (Phi) is 6.83. The molecule has 0 aliphatic carbocycles. The van der Waals surface area contributed by atoms with Crippen molar-refractivity contribution in [2.45, 2.75) is 20.4 Å². The van der Waals surface area contributed by atoms with Crippen LogP contribution in [-0.2, 0) is 6.54 Å². The van der Waals surface area contributed by atoms with Crippen molar-refractivity contribution >= 4 is 33.9 Å². The second-order valence-corrected chi connectivity index (χ2v) is 9.63. The van der Waals surface area contributed by atoms with Crippen molar-refractivity contribution in [1.82, 2.24) is 34.7 Å². The van der Waals surface area contributed by atoms with Crippen LogP contribution in [-0.4, -0.2) is 41.3 Å². The number of fused-ring (bicyclic) bond motifs is 1. The molecule has 4 heterocycles. The molecule has 0 atom stereocenters. The first kappa shape index (κ1) is 25.4. The van der Waals surface area contributed by atoms with Crippen molar-refractivity contribution in [2.75, 3.05) is 11.9 Å². The number of halogens is 2. The fourth-order valence-electron chi connectivity index (χ4n) is 4.28. The second kappa shape index (κ2) is 10.7. The molecule has 40 heavy (non-hydrogen) atoms. The Morgan fingerprint density at radius 2 is 1.77 bits per heavy atom. The molecule has 6 rings (SSSR count). The van der Waals surface area contributed by atoms with Gasteiger partial charge in [-0.3, -0.25) is 4.68 Å². The number of benzene rings is 2. The van der Waals surface area contributed by atoms with Gasteiger partial charge in [0.15, 0.2) is 5.82 Å². The summed E-state index contributed by atoms with van der Waals surface area (Å²) in [6, 6.07) is 13.3. The van der Waals surface area contributed by atoms with Crippen LogP contribution in [0, 0.1) is 18.6 Å². The fraction of sp³-hybridized carbons (Fsp3) is 0.143. The standard InChI is InChI=1S/C28H22F2N8OS/c1-3-39-17-12-20(29)19(21(30)13-17)15-38-23-7-5-4-6-18(23)26(37-38)27-34-22(28-32-10-11-40-28)14-25(36-27)35-24-8-9-31-16(2)33-24/h4-14H,3,15H2,1-2H3,(H,31,33,34,35,36). The number of thiazole rings is 1. The highest BCUT2D eigenvalue weighted by Gasteiger charge is 2.20. The van der Waals surface area contributed by atoms with Gasteiger partial charge >= 0.3 is 0 Å². The Bertz CT molecular complexity index is 1800. The van der Waals surface area contributed by atoms with E-state index in [1.807, 2.05) is 29.6 Å². The average molecular weight is 557 g/mol. The van der Waals surface area contributed by atoms with E-state index in [1.165, 1.54) is 23.5 Å². The minimum atomic E-state index is -0.710. The molecule has 0 aliphatic rings. The van der Waals surface area contributed by atoms with Crippen LogP contribution in [0.4, 0.5) is 20.4 Å². The minimum Gasteiger partial charge on any atom is -0.494 e. The molecule has 9 nitrogen and oxygen atoms in total. The third-order valence-corrected chi connectivity index (χ3v) is 6.81. The molecule has 4 aromatic heterocycles. The highest BCUT2D eigenvalue weighted by Crippen LogP contribution is 2.31. The van der Waals surface area contributed by atoms with Crippen molar-refractivity contribution in [2.24, 2.45) is 0 Å². The number of hydrogen-bond acceptors (Lipinski definition) is 9. The number of nitrogens with one attached hydrogen (secondary N) is 1. The topological polar surface area (TPSA) is 104 Å². The first-order valence-corrected chi connectivity index (χ1v) is 13.3. The van der Waals surface area contributed by atoms with Gasteiger partial charge in [0.25, 0.3) is 0 Å². The van der Waals surface area contributed by atoms with Gasteiger partial charge in [-0.05, 0) is 26.0 Å². The molecule has 0 aliphatic heterocycles. The first-order valence-electron chi connectivity index (χ1n) is 12.4. The third-order valence-electron chi connectivity index (χ3n) is 6.01. The zero-order chi connectivity index (χ0) is 27.6. The predicted octanol–water partition coefficient (Wildman–Crippen LogP) is 6.18. The van der Waals surface area contributed by atoms with Gasteiger partial charge in [0.1, 0.15) is 51.2 Å². The molecule has 0 amide bonds. The Hall–Kier alpha value is -4.84. The van der Waals surface area contributed by atoms with E-state index >= 15 is 0 Å². The van der Waals surface area contributed by atoms with Gasteiger partial charge in [-0.2, -0.15) is 5.10 Å². The Morgan fingerprint density at radius 1 is 0.950 bits per heavy atom. The van der Waals surface area contributed by atoms with Crippen molar-refractivity contribution in [3.63, 3.8) is 0 Å². The van der Waals surface area contributed by atoms with Crippen LogP contribution in [0.2, 0.25) is 0 Å². The van der Waals surface area contributed by atoms with Crippen molar-refractivity contribution in [3.8, 4) is 28.0 Å². The summed E-state index contributed by atoms with van der Waals surface area (Å²) in [7, 11) is 0. The van der Waals surface area contributed by atoms with E-state index in [0.29, 0.717) is 51.8 Å². The molecular formula is C28H22F2N8OS. The molecule has 0 saturated heterocycles. The van der Waals surface area contributed by atoms with Crippen molar-refractivity contribution in [3.05, 3.63) is 89.3 Å². The monoisotopic (exact) mass is 556 g/mol. The minimum absolute atomic E-state index is 0.123. The van der Waals surface area contributed by atoms with Gasteiger partial charge < -0.3 is 10.1 Å². The van der Waals surface area contributed by atoms with E-state index in [1.54, 1.807) is 43.1 Å². The Balaban J connectivity index is 1.46. The smallest absolute Gasteiger partial charge is 0.183 e. The number of ether oxygens (including phenoxy) is 1. The van der Waals surface area contributed by atoms with Crippen LogP contribution in [0.25, 0.3) is 33.1 Å². The molecule has 0 bridgehead atoms. The molecule has 0 unspecified atom stereocenters. The maximum Gasteiger partial charge on any atom is 0.183 e. The molecule has 6 aromatic rings. The van der Waals surface area contributed by atoms with Gasteiger partial charge in [0.2, 0.25) is 0 Å². The first-order chi connectivity index (χ1) is 19.5. The fourth-order valence-corrected chi connectivity index (χ4v) is 4.88. The van der Waals surface area contributed by atoms with Crippen LogP contribution in [0.5, 0.6) is 5.75 Å². The largest absolute Gasteiger partial charge is 0.494 e. The summed E-state index contributed by atoms with van der Waals surface area (Å²) in [5.74, 6) is 0.700. The summed E-state index contributed by atoms with van der Waals surface area (Å²) in [6.45, 7) is 3.72. The SMILES string of the molecule is CCOc1cc(F)c(Cn2nc(-c3nc(Nc4ccnc(C)n4)cc(-c4nccs4)n3)c3ccccc32)c(F)c1. The quantitative estimate of drug-likeness (QED) is 0.237.